The molecule has 0 amide bonds. The molecule has 0 bridgehead atoms. The first kappa shape index (κ1) is 19.0. The van der Waals surface area contributed by atoms with Gasteiger partial charge in [-0.05, 0) is 79.5 Å². The Bertz CT molecular complexity index is 667. The van der Waals surface area contributed by atoms with E-state index < -0.39 is 0 Å². The molecule has 0 aliphatic heterocycles. The first-order valence-electron chi connectivity index (χ1n) is 10.6. The van der Waals surface area contributed by atoms with Crippen LogP contribution in [0.15, 0.2) is 54.6 Å². The van der Waals surface area contributed by atoms with E-state index in [1.165, 1.54) is 55.2 Å². The summed E-state index contributed by atoms with van der Waals surface area (Å²) in [7, 11) is 0. The van der Waals surface area contributed by atoms with Gasteiger partial charge in [-0.3, -0.25) is 0 Å². The predicted octanol–water partition coefficient (Wildman–Crippen LogP) is 7.58. The van der Waals surface area contributed by atoms with Crippen LogP contribution in [0.5, 0.6) is 0 Å². The fourth-order valence-electron chi connectivity index (χ4n) is 4.43. The highest BCUT2D eigenvalue weighted by molar-refractivity contribution is 5.49. The van der Waals surface area contributed by atoms with E-state index in [0.29, 0.717) is 0 Å². The SMILES string of the molecule is C/C=C/c1ccc(CCc2ccc(C3CCC(CCC)CC3)cc2)cc1. The molecule has 0 spiro atoms. The van der Waals surface area contributed by atoms with Gasteiger partial charge in [0.2, 0.25) is 0 Å². The summed E-state index contributed by atoms with van der Waals surface area (Å²) in [6.45, 7) is 4.38. The summed E-state index contributed by atoms with van der Waals surface area (Å²) in [6.07, 6.45) is 14.9. The largest absolute Gasteiger partial charge is 0.0871 e. The van der Waals surface area contributed by atoms with Crippen LogP contribution >= 0.6 is 0 Å². The van der Waals surface area contributed by atoms with Gasteiger partial charge in [-0.15, -0.1) is 0 Å². The van der Waals surface area contributed by atoms with E-state index in [1.54, 1.807) is 5.56 Å². The maximum absolute atomic E-state index is 2.40. The van der Waals surface area contributed by atoms with Crippen LogP contribution in [-0.4, -0.2) is 0 Å². The molecule has 1 aliphatic carbocycles. The third kappa shape index (κ3) is 5.34. The van der Waals surface area contributed by atoms with Gasteiger partial charge in [-0.1, -0.05) is 80.4 Å². The lowest BCUT2D eigenvalue weighted by Crippen LogP contribution is -2.13. The van der Waals surface area contributed by atoms with E-state index in [2.05, 4.69) is 74.5 Å². The summed E-state index contributed by atoms with van der Waals surface area (Å²) in [5, 5.41) is 0. The molecule has 1 saturated carbocycles. The molecule has 138 valence electrons. The highest BCUT2D eigenvalue weighted by atomic mass is 14.3. The molecule has 0 atom stereocenters. The molecule has 0 nitrogen and oxygen atoms in total. The maximum atomic E-state index is 2.40. The van der Waals surface area contributed by atoms with Crippen LogP contribution in [-0.2, 0) is 12.8 Å². The predicted molar refractivity (Wildman–Crippen MR) is 115 cm³/mol. The van der Waals surface area contributed by atoms with Gasteiger partial charge in [0, 0.05) is 0 Å². The Balaban J connectivity index is 1.50. The average Bonchev–Trinajstić information content (AvgIpc) is 2.69. The fraction of sp³-hybridized carbons (Fsp3) is 0.462. The van der Waals surface area contributed by atoms with Gasteiger partial charge in [-0.25, -0.2) is 0 Å². The van der Waals surface area contributed by atoms with Crippen molar-refractivity contribution in [2.75, 3.05) is 0 Å². The van der Waals surface area contributed by atoms with Crippen LogP contribution in [0.3, 0.4) is 0 Å². The Morgan fingerprint density at radius 3 is 1.92 bits per heavy atom. The van der Waals surface area contributed by atoms with Crippen molar-refractivity contribution >= 4 is 6.08 Å². The van der Waals surface area contributed by atoms with Crippen molar-refractivity contribution in [3.8, 4) is 0 Å². The van der Waals surface area contributed by atoms with Gasteiger partial charge in [-0.2, -0.15) is 0 Å². The molecular formula is C26H34. The second kappa shape index (κ2) is 9.76. The van der Waals surface area contributed by atoms with Crippen molar-refractivity contribution in [1.82, 2.24) is 0 Å². The molecule has 0 heteroatoms. The van der Waals surface area contributed by atoms with Gasteiger partial charge in [0.05, 0.1) is 0 Å². The van der Waals surface area contributed by atoms with E-state index in [4.69, 9.17) is 0 Å². The minimum atomic E-state index is 0.802. The summed E-state index contributed by atoms with van der Waals surface area (Å²) in [5.41, 5.74) is 5.75. The van der Waals surface area contributed by atoms with Gasteiger partial charge in [0.15, 0.2) is 0 Å². The first-order valence-corrected chi connectivity index (χ1v) is 10.6. The topological polar surface area (TPSA) is 0 Å². The van der Waals surface area contributed by atoms with E-state index in [1.807, 2.05) is 0 Å². The molecule has 0 radical (unpaired) electrons. The van der Waals surface area contributed by atoms with Crippen LogP contribution in [0.1, 0.15) is 80.5 Å². The fourth-order valence-corrected chi connectivity index (χ4v) is 4.43. The Morgan fingerprint density at radius 2 is 1.38 bits per heavy atom. The molecule has 0 unspecified atom stereocenters. The Morgan fingerprint density at radius 1 is 0.808 bits per heavy atom. The zero-order chi connectivity index (χ0) is 18.2. The Kier molecular flexibility index (Phi) is 7.12. The third-order valence-corrected chi connectivity index (χ3v) is 6.04. The van der Waals surface area contributed by atoms with Crippen molar-refractivity contribution in [1.29, 1.82) is 0 Å². The van der Waals surface area contributed by atoms with Crippen molar-refractivity contribution in [3.05, 3.63) is 76.9 Å². The minimum Gasteiger partial charge on any atom is -0.0871 e. The zero-order valence-electron chi connectivity index (χ0n) is 16.6. The second-order valence-electron chi connectivity index (χ2n) is 7.99. The summed E-state index contributed by atoms with van der Waals surface area (Å²) in [5.74, 6) is 1.80. The maximum Gasteiger partial charge on any atom is -0.0162 e. The van der Waals surface area contributed by atoms with Gasteiger partial charge in [0.1, 0.15) is 0 Å². The highest BCUT2D eigenvalue weighted by Gasteiger charge is 2.21. The summed E-state index contributed by atoms with van der Waals surface area (Å²) < 4.78 is 0. The summed E-state index contributed by atoms with van der Waals surface area (Å²) in [4.78, 5) is 0. The molecule has 0 saturated heterocycles. The van der Waals surface area contributed by atoms with Gasteiger partial charge < -0.3 is 0 Å². The van der Waals surface area contributed by atoms with Crippen molar-refractivity contribution in [3.63, 3.8) is 0 Å². The molecule has 0 aromatic heterocycles. The standard InChI is InChI=1S/C26H34/c1-3-5-21-7-9-23(10-8-21)11-12-24-15-19-26(20-16-24)25-17-13-22(6-4-2)14-18-25/h3,5,7-10,15-16,19-20,22,25H,4,6,11-14,17-18H2,1-2H3/b5-3+. The third-order valence-electron chi connectivity index (χ3n) is 6.04. The molecule has 2 aromatic carbocycles. The zero-order valence-corrected chi connectivity index (χ0v) is 16.6. The minimum absolute atomic E-state index is 0.802. The van der Waals surface area contributed by atoms with Crippen LogP contribution in [0, 0.1) is 5.92 Å². The van der Waals surface area contributed by atoms with Crippen LogP contribution in [0.4, 0.5) is 0 Å². The first-order chi connectivity index (χ1) is 12.8. The monoisotopic (exact) mass is 346 g/mol. The van der Waals surface area contributed by atoms with Crippen LogP contribution < -0.4 is 0 Å². The number of hydrogen-bond donors (Lipinski definition) is 0. The van der Waals surface area contributed by atoms with Crippen molar-refractivity contribution in [2.24, 2.45) is 5.92 Å². The molecule has 1 fully saturated rings. The smallest absolute Gasteiger partial charge is 0.0162 e. The van der Waals surface area contributed by atoms with Crippen molar-refractivity contribution < 1.29 is 0 Å². The average molecular weight is 347 g/mol. The van der Waals surface area contributed by atoms with E-state index in [-0.39, 0.29) is 0 Å². The lowest BCUT2D eigenvalue weighted by Gasteiger charge is -2.28. The molecule has 0 N–H and O–H groups in total. The molecule has 3 rings (SSSR count). The Labute approximate surface area is 160 Å². The number of benzene rings is 2. The van der Waals surface area contributed by atoms with E-state index in [0.717, 1.165) is 24.7 Å². The van der Waals surface area contributed by atoms with Crippen LogP contribution in [0.25, 0.3) is 6.08 Å². The Hall–Kier alpha value is -1.82. The number of hydrogen-bond acceptors (Lipinski definition) is 0. The van der Waals surface area contributed by atoms with Crippen LogP contribution in [0.2, 0.25) is 0 Å². The normalized spacial score (nSPS) is 20.5. The van der Waals surface area contributed by atoms with Gasteiger partial charge in [0.25, 0.3) is 0 Å². The van der Waals surface area contributed by atoms with Gasteiger partial charge >= 0.3 is 0 Å². The molecule has 26 heavy (non-hydrogen) atoms. The van der Waals surface area contributed by atoms with E-state index >= 15 is 0 Å². The van der Waals surface area contributed by atoms with Crippen molar-refractivity contribution in [2.45, 2.75) is 71.1 Å². The number of allylic oxidation sites excluding steroid dienone is 1. The molecule has 0 heterocycles. The molecule has 1 aliphatic rings. The molecule has 2 aromatic rings. The highest BCUT2D eigenvalue weighted by Crippen LogP contribution is 2.37. The van der Waals surface area contributed by atoms with E-state index in [9.17, 15) is 0 Å². The summed E-state index contributed by atoms with van der Waals surface area (Å²) >= 11 is 0. The second-order valence-corrected chi connectivity index (χ2v) is 7.99. The number of aryl methyl sites for hydroxylation is 2. The summed E-state index contributed by atoms with van der Waals surface area (Å²) in [6, 6.07) is 18.5. The quantitative estimate of drug-likeness (QED) is 0.484. The molecular weight excluding hydrogens is 312 g/mol. The lowest BCUT2D eigenvalue weighted by molar-refractivity contribution is 0.308. The lowest BCUT2D eigenvalue weighted by atomic mass is 9.77. The number of rotatable bonds is 7.